The van der Waals surface area contributed by atoms with Crippen molar-refractivity contribution in [1.29, 1.82) is 0 Å². The Morgan fingerprint density at radius 1 is 1.44 bits per heavy atom. The van der Waals surface area contributed by atoms with E-state index in [2.05, 4.69) is 38.3 Å². The average molecular weight is 226 g/mol. The molecule has 0 bridgehead atoms. The molecule has 0 aromatic heterocycles. The fraction of sp³-hybridized carbons (Fsp3) is 0.923. The van der Waals surface area contributed by atoms with Gasteiger partial charge >= 0.3 is 0 Å². The second-order valence-electron chi connectivity index (χ2n) is 6.13. The summed E-state index contributed by atoms with van der Waals surface area (Å²) in [7, 11) is 0. The van der Waals surface area contributed by atoms with Gasteiger partial charge in [-0.1, -0.05) is 27.7 Å². The first-order chi connectivity index (χ1) is 7.40. The van der Waals surface area contributed by atoms with Gasteiger partial charge < -0.3 is 10.6 Å². The van der Waals surface area contributed by atoms with Gasteiger partial charge in [0.1, 0.15) is 0 Å². The molecule has 0 aliphatic carbocycles. The summed E-state index contributed by atoms with van der Waals surface area (Å²) in [4.78, 5) is 12.1. The van der Waals surface area contributed by atoms with E-state index in [4.69, 9.17) is 0 Å². The second-order valence-corrected chi connectivity index (χ2v) is 6.13. The molecule has 0 aromatic rings. The van der Waals surface area contributed by atoms with Crippen LogP contribution in [0.15, 0.2) is 0 Å². The van der Waals surface area contributed by atoms with Crippen molar-refractivity contribution in [2.45, 2.75) is 47.0 Å². The lowest BCUT2D eigenvalue weighted by atomic mass is 9.83. The highest BCUT2D eigenvalue weighted by atomic mass is 16.2. The summed E-state index contributed by atoms with van der Waals surface area (Å²) >= 11 is 0. The van der Waals surface area contributed by atoms with Crippen LogP contribution in [0.3, 0.4) is 0 Å². The van der Waals surface area contributed by atoms with Gasteiger partial charge in [0.2, 0.25) is 5.91 Å². The number of hydrogen-bond acceptors (Lipinski definition) is 2. The molecule has 1 heterocycles. The first-order valence-electron chi connectivity index (χ1n) is 6.39. The minimum Gasteiger partial charge on any atom is -0.356 e. The molecule has 2 N–H and O–H groups in total. The van der Waals surface area contributed by atoms with E-state index in [0.717, 1.165) is 38.9 Å². The second kappa shape index (κ2) is 5.17. The molecule has 0 saturated carbocycles. The van der Waals surface area contributed by atoms with Crippen LogP contribution in [-0.4, -0.2) is 25.5 Å². The third-order valence-corrected chi connectivity index (χ3v) is 3.56. The van der Waals surface area contributed by atoms with E-state index in [1.165, 1.54) is 0 Å². The Labute approximate surface area is 99.4 Å². The topological polar surface area (TPSA) is 41.1 Å². The highest BCUT2D eigenvalue weighted by molar-refractivity contribution is 5.83. The van der Waals surface area contributed by atoms with Gasteiger partial charge in [-0.3, -0.25) is 4.79 Å². The van der Waals surface area contributed by atoms with E-state index in [-0.39, 0.29) is 11.3 Å². The SMILES string of the molecule is CCC1(C(=O)NCCC(C)(C)C)CCNC1. The van der Waals surface area contributed by atoms with E-state index < -0.39 is 0 Å². The average Bonchev–Trinajstić information content (AvgIpc) is 2.65. The smallest absolute Gasteiger partial charge is 0.227 e. The van der Waals surface area contributed by atoms with Crippen LogP contribution in [0.25, 0.3) is 0 Å². The molecule has 1 aliphatic heterocycles. The monoisotopic (exact) mass is 226 g/mol. The number of amides is 1. The molecular formula is C13H26N2O. The van der Waals surface area contributed by atoms with Crippen molar-refractivity contribution in [3.63, 3.8) is 0 Å². The van der Waals surface area contributed by atoms with Gasteiger partial charge in [0, 0.05) is 13.1 Å². The lowest BCUT2D eigenvalue weighted by molar-refractivity contribution is -0.130. The zero-order valence-electron chi connectivity index (χ0n) is 11.2. The van der Waals surface area contributed by atoms with Crippen molar-refractivity contribution in [1.82, 2.24) is 10.6 Å². The molecule has 0 spiro atoms. The van der Waals surface area contributed by atoms with Crippen molar-refractivity contribution in [3.8, 4) is 0 Å². The Hall–Kier alpha value is -0.570. The van der Waals surface area contributed by atoms with Gasteiger partial charge in [0.25, 0.3) is 0 Å². The maximum Gasteiger partial charge on any atom is 0.227 e. The zero-order chi connectivity index (χ0) is 12.2. The van der Waals surface area contributed by atoms with Crippen molar-refractivity contribution in [3.05, 3.63) is 0 Å². The first-order valence-corrected chi connectivity index (χ1v) is 6.39. The number of nitrogens with one attached hydrogen (secondary N) is 2. The normalized spacial score (nSPS) is 25.8. The molecule has 3 heteroatoms. The van der Waals surface area contributed by atoms with Gasteiger partial charge in [0.05, 0.1) is 5.41 Å². The van der Waals surface area contributed by atoms with Crippen LogP contribution < -0.4 is 10.6 Å². The molecule has 0 radical (unpaired) electrons. The predicted octanol–water partition coefficient (Wildman–Crippen LogP) is 1.93. The standard InChI is InChI=1S/C13H26N2O/c1-5-13(7-8-14-10-13)11(16)15-9-6-12(2,3)4/h14H,5-10H2,1-4H3,(H,15,16). The number of hydrogen-bond donors (Lipinski definition) is 2. The fourth-order valence-corrected chi connectivity index (χ4v) is 2.14. The molecule has 1 atom stereocenters. The van der Waals surface area contributed by atoms with Crippen molar-refractivity contribution in [2.75, 3.05) is 19.6 Å². The van der Waals surface area contributed by atoms with Gasteiger partial charge in [-0.2, -0.15) is 0 Å². The van der Waals surface area contributed by atoms with Gasteiger partial charge in [-0.05, 0) is 31.2 Å². The highest BCUT2D eigenvalue weighted by Crippen LogP contribution is 2.29. The summed E-state index contributed by atoms with van der Waals surface area (Å²) in [5.41, 5.74) is 0.151. The predicted molar refractivity (Wildman–Crippen MR) is 67.3 cm³/mol. The van der Waals surface area contributed by atoms with E-state index >= 15 is 0 Å². The van der Waals surface area contributed by atoms with E-state index in [0.29, 0.717) is 5.41 Å². The molecule has 1 saturated heterocycles. The van der Waals surface area contributed by atoms with Crippen LogP contribution >= 0.6 is 0 Å². The van der Waals surface area contributed by atoms with Crippen LogP contribution in [0.5, 0.6) is 0 Å². The third kappa shape index (κ3) is 3.48. The molecule has 1 unspecified atom stereocenters. The molecule has 1 fully saturated rings. The largest absolute Gasteiger partial charge is 0.356 e. The Morgan fingerprint density at radius 2 is 2.12 bits per heavy atom. The zero-order valence-corrected chi connectivity index (χ0v) is 11.2. The van der Waals surface area contributed by atoms with Crippen LogP contribution in [0.1, 0.15) is 47.0 Å². The van der Waals surface area contributed by atoms with Crippen LogP contribution in [-0.2, 0) is 4.79 Å². The third-order valence-electron chi connectivity index (χ3n) is 3.56. The Bertz CT molecular complexity index is 237. The summed E-state index contributed by atoms with van der Waals surface area (Å²) in [6.07, 6.45) is 2.94. The van der Waals surface area contributed by atoms with Gasteiger partial charge in [-0.15, -0.1) is 0 Å². The molecular weight excluding hydrogens is 200 g/mol. The number of carbonyl (C=O) groups excluding carboxylic acids is 1. The van der Waals surface area contributed by atoms with Gasteiger partial charge in [0.15, 0.2) is 0 Å². The summed E-state index contributed by atoms with van der Waals surface area (Å²) in [5.74, 6) is 0.240. The molecule has 3 nitrogen and oxygen atoms in total. The Balaban J connectivity index is 2.39. The highest BCUT2D eigenvalue weighted by Gasteiger charge is 2.39. The molecule has 94 valence electrons. The van der Waals surface area contributed by atoms with E-state index in [1.54, 1.807) is 0 Å². The lowest BCUT2D eigenvalue weighted by Crippen LogP contribution is -2.43. The Kier molecular flexibility index (Phi) is 4.36. The van der Waals surface area contributed by atoms with E-state index in [9.17, 15) is 4.79 Å². The van der Waals surface area contributed by atoms with Crippen molar-refractivity contribution < 1.29 is 4.79 Å². The maximum absolute atomic E-state index is 12.1. The van der Waals surface area contributed by atoms with Crippen LogP contribution in [0.4, 0.5) is 0 Å². The summed E-state index contributed by atoms with van der Waals surface area (Å²) in [5, 5.41) is 6.38. The van der Waals surface area contributed by atoms with Gasteiger partial charge in [-0.25, -0.2) is 0 Å². The van der Waals surface area contributed by atoms with Crippen LogP contribution in [0.2, 0.25) is 0 Å². The van der Waals surface area contributed by atoms with Crippen molar-refractivity contribution in [2.24, 2.45) is 10.8 Å². The van der Waals surface area contributed by atoms with Crippen LogP contribution in [0, 0.1) is 10.8 Å². The molecule has 1 rings (SSSR count). The number of carbonyl (C=O) groups is 1. The lowest BCUT2D eigenvalue weighted by Gasteiger charge is -2.26. The summed E-state index contributed by atoms with van der Waals surface area (Å²) in [6.45, 7) is 11.3. The quantitative estimate of drug-likeness (QED) is 0.769. The molecule has 0 aromatic carbocycles. The molecule has 16 heavy (non-hydrogen) atoms. The number of rotatable bonds is 4. The summed E-state index contributed by atoms with van der Waals surface area (Å²) < 4.78 is 0. The minimum atomic E-state index is -0.141. The molecule has 1 amide bonds. The summed E-state index contributed by atoms with van der Waals surface area (Å²) in [6, 6.07) is 0. The molecule has 1 aliphatic rings. The minimum absolute atomic E-state index is 0.141. The van der Waals surface area contributed by atoms with Crippen molar-refractivity contribution >= 4 is 5.91 Å². The Morgan fingerprint density at radius 3 is 2.56 bits per heavy atom. The maximum atomic E-state index is 12.1. The fourth-order valence-electron chi connectivity index (χ4n) is 2.14. The van der Waals surface area contributed by atoms with E-state index in [1.807, 2.05) is 0 Å². The first kappa shape index (κ1) is 13.5.